The summed E-state index contributed by atoms with van der Waals surface area (Å²) in [5, 5.41) is 0. The summed E-state index contributed by atoms with van der Waals surface area (Å²) < 4.78 is 26.7. The van der Waals surface area contributed by atoms with Gasteiger partial charge in [-0.15, -0.1) is 0 Å². The van der Waals surface area contributed by atoms with Crippen LogP contribution in [0.15, 0.2) is 42.5 Å². The Morgan fingerprint density at radius 2 is 1.79 bits per heavy atom. The maximum Gasteiger partial charge on any atom is 0.338 e. The summed E-state index contributed by atoms with van der Waals surface area (Å²) in [4.78, 5) is 24.4. The Morgan fingerprint density at radius 3 is 2.57 bits per heavy atom. The molecule has 0 saturated carbocycles. The van der Waals surface area contributed by atoms with Crippen LogP contribution >= 0.6 is 0 Å². The lowest BCUT2D eigenvalue weighted by atomic mass is 10.1. The van der Waals surface area contributed by atoms with Crippen LogP contribution in [0.5, 0.6) is 17.2 Å². The summed E-state index contributed by atoms with van der Waals surface area (Å²) >= 11 is 0. The molecule has 0 amide bonds. The molecule has 0 unspecified atom stereocenters. The molecule has 2 aromatic rings. The van der Waals surface area contributed by atoms with E-state index in [1.807, 2.05) is 0 Å². The number of esters is 1. The molecule has 0 aromatic heterocycles. The van der Waals surface area contributed by atoms with Crippen LogP contribution in [0.2, 0.25) is 0 Å². The molecule has 7 nitrogen and oxygen atoms in total. The molecule has 1 atom stereocenters. The highest BCUT2D eigenvalue weighted by Gasteiger charge is 2.18. The van der Waals surface area contributed by atoms with E-state index in [0.29, 0.717) is 35.0 Å². The van der Waals surface area contributed by atoms with Crippen molar-refractivity contribution in [3.8, 4) is 17.2 Å². The summed E-state index contributed by atoms with van der Waals surface area (Å²) in [7, 11) is 0. The zero-order valence-electron chi connectivity index (χ0n) is 15.2. The van der Waals surface area contributed by atoms with Crippen LogP contribution in [0.25, 0.3) is 0 Å². The van der Waals surface area contributed by atoms with Crippen molar-refractivity contribution in [2.75, 3.05) is 26.6 Å². The third kappa shape index (κ3) is 4.26. The van der Waals surface area contributed by atoms with Crippen molar-refractivity contribution in [1.29, 1.82) is 0 Å². The Kier molecular flexibility index (Phi) is 5.43. The van der Waals surface area contributed by atoms with Crippen LogP contribution in [0.1, 0.15) is 33.6 Å². The fourth-order valence-electron chi connectivity index (χ4n) is 3.02. The Bertz CT molecular complexity index is 854. The zero-order chi connectivity index (χ0) is 19.3. The van der Waals surface area contributed by atoms with E-state index in [2.05, 4.69) is 0 Å². The molecule has 2 aliphatic rings. The number of rotatable bonds is 7. The van der Waals surface area contributed by atoms with E-state index in [4.69, 9.17) is 23.7 Å². The third-order valence-corrected chi connectivity index (χ3v) is 4.58. The lowest BCUT2D eigenvalue weighted by Crippen LogP contribution is -2.16. The van der Waals surface area contributed by atoms with Gasteiger partial charge >= 0.3 is 5.97 Å². The Balaban J connectivity index is 1.27. The van der Waals surface area contributed by atoms with E-state index >= 15 is 0 Å². The topological polar surface area (TPSA) is 80.3 Å². The minimum atomic E-state index is -0.570. The van der Waals surface area contributed by atoms with Gasteiger partial charge in [-0.2, -0.15) is 0 Å². The summed E-state index contributed by atoms with van der Waals surface area (Å²) in [5.41, 5.74) is 0.748. The minimum absolute atomic E-state index is 0.131. The normalized spacial score (nSPS) is 17.4. The molecule has 2 heterocycles. The van der Waals surface area contributed by atoms with Crippen LogP contribution in [0.3, 0.4) is 0 Å². The molecular formula is C21H20O7. The highest BCUT2D eigenvalue weighted by molar-refractivity contribution is 5.99. The predicted octanol–water partition coefficient (Wildman–Crippen LogP) is 3.01. The molecule has 2 aliphatic heterocycles. The van der Waals surface area contributed by atoms with E-state index < -0.39 is 5.97 Å². The standard InChI is InChI=1S/C21H20O7/c22-18(15-5-8-19-20(10-15)28-13-27-19)12-26-21(23)14-3-6-16(7-4-14)25-11-17-2-1-9-24-17/h3-8,10,17H,1-2,9,11-13H2/t17-/m1/s1. The first kappa shape index (κ1) is 18.3. The van der Waals surface area contributed by atoms with Gasteiger partial charge in [-0.25, -0.2) is 4.79 Å². The predicted molar refractivity (Wildman–Crippen MR) is 98.1 cm³/mol. The van der Waals surface area contributed by atoms with E-state index in [0.717, 1.165) is 19.4 Å². The number of hydrogen-bond acceptors (Lipinski definition) is 7. The van der Waals surface area contributed by atoms with Crippen LogP contribution in [-0.4, -0.2) is 44.5 Å². The third-order valence-electron chi connectivity index (χ3n) is 4.58. The molecule has 1 fully saturated rings. The number of ether oxygens (including phenoxy) is 5. The molecule has 0 aliphatic carbocycles. The molecule has 2 aromatic carbocycles. The minimum Gasteiger partial charge on any atom is -0.491 e. The number of ketones is 1. The van der Waals surface area contributed by atoms with E-state index in [1.54, 1.807) is 42.5 Å². The van der Waals surface area contributed by atoms with Gasteiger partial charge in [-0.3, -0.25) is 4.79 Å². The Morgan fingerprint density at radius 1 is 1.00 bits per heavy atom. The fourth-order valence-corrected chi connectivity index (χ4v) is 3.02. The van der Waals surface area contributed by atoms with E-state index in [9.17, 15) is 9.59 Å². The number of hydrogen-bond donors (Lipinski definition) is 0. The van der Waals surface area contributed by atoms with Gasteiger partial charge in [0.05, 0.1) is 11.7 Å². The molecule has 28 heavy (non-hydrogen) atoms. The number of carbonyl (C=O) groups is 2. The van der Waals surface area contributed by atoms with E-state index in [1.165, 1.54) is 0 Å². The van der Waals surface area contributed by atoms with Gasteiger partial charge < -0.3 is 23.7 Å². The molecule has 0 bridgehead atoms. The molecule has 4 rings (SSSR count). The molecule has 7 heteroatoms. The first-order chi connectivity index (χ1) is 13.7. The number of benzene rings is 2. The van der Waals surface area contributed by atoms with Crippen molar-refractivity contribution in [3.63, 3.8) is 0 Å². The van der Waals surface area contributed by atoms with Gasteiger partial charge in [0, 0.05) is 12.2 Å². The molecule has 0 spiro atoms. The van der Waals surface area contributed by atoms with Gasteiger partial charge in [0.2, 0.25) is 6.79 Å². The van der Waals surface area contributed by atoms with Crippen LogP contribution in [0.4, 0.5) is 0 Å². The van der Waals surface area contributed by atoms with Crippen molar-refractivity contribution in [2.24, 2.45) is 0 Å². The monoisotopic (exact) mass is 384 g/mol. The summed E-state index contributed by atoms with van der Waals surface area (Å²) in [5.74, 6) is 0.873. The SMILES string of the molecule is O=C(COC(=O)c1ccc(OC[C@H]2CCCO2)cc1)c1ccc2c(c1)OCO2. The van der Waals surface area contributed by atoms with Gasteiger partial charge in [0.25, 0.3) is 0 Å². The molecule has 1 saturated heterocycles. The summed E-state index contributed by atoms with van der Waals surface area (Å²) in [6.07, 6.45) is 2.19. The summed E-state index contributed by atoms with van der Waals surface area (Å²) in [6, 6.07) is 11.5. The van der Waals surface area contributed by atoms with Crippen LogP contribution in [-0.2, 0) is 9.47 Å². The Hall–Kier alpha value is -3.06. The summed E-state index contributed by atoms with van der Waals surface area (Å²) in [6.45, 7) is 1.06. The van der Waals surface area contributed by atoms with Gasteiger partial charge in [0.1, 0.15) is 12.4 Å². The first-order valence-electron chi connectivity index (χ1n) is 9.13. The number of carbonyl (C=O) groups excluding carboxylic acids is 2. The lowest BCUT2D eigenvalue weighted by Gasteiger charge is -2.11. The van der Waals surface area contributed by atoms with E-state index in [-0.39, 0.29) is 25.3 Å². The largest absolute Gasteiger partial charge is 0.491 e. The second kappa shape index (κ2) is 8.31. The zero-order valence-corrected chi connectivity index (χ0v) is 15.2. The Labute approximate surface area is 162 Å². The average molecular weight is 384 g/mol. The van der Waals surface area contributed by atoms with Crippen molar-refractivity contribution < 1.29 is 33.3 Å². The second-order valence-corrected chi connectivity index (χ2v) is 6.54. The second-order valence-electron chi connectivity index (χ2n) is 6.54. The number of Topliss-reactive ketones (excluding diaryl/α,β-unsaturated/α-hetero) is 1. The maximum atomic E-state index is 12.2. The highest BCUT2D eigenvalue weighted by atomic mass is 16.7. The van der Waals surface area contributed by atoms with Crippen molar-refractivity contribution >= 4 is 11.8 Å². The van der Waals surface area contributed by atoms with Crippen LogP contribution < -0.4 is 14.2 Å². The highest BCUT2D eigenvalue weighted by Crippen LogP contribution is 2.32. The lowest BCUT2D eigenvalue weighted by molar-refractivity contribution is 0.0474. The van der Waals surface area contributed by atoms with Crippen molar-refractivity contribution in [2.45, 2.75) is 18.9 Å². The molecular weight excluding hydrogens is 364 g/mol. The van der Waals surface area contributed by atoms with Gasteiger partial charge in [-0.05, 0) is 55.3 Å². The molecule has 0 N–H and O–H groups in total. The van der Waals surface area contributed by atoms with Gasteiger partial charge in [0.15, 0.2) is 23.9 Å². The van der Waals surface area contributed by atoms with Crippen molar-refractivity contribution in [1.82, 2.24) is 0 Å². The van der Waals surface area contributed by atoms with Crippen LogP contribution in [0, 0.1) is 0 Å². The fraction of sp³-hybridized carbons (Fsp3) is 0.333. The first-order valence-corrected chi connectivity index (χ1v) is 9.13. The quantitative estimate of drug-likeness (QED) is 0.536. The maximum absolute atomic E-state index is 12.2. The average Bonchev–Trinajstić information content (AvgIpc) is 3.41. The number of fused-ring (bicyclic) bond motifs is 1. The molecule has 0 radical (unpaired) electrons. The van der Waals surface area contributed by atoms with Crippen molar-refractivity contribution in [3.05, 3.63) is 53.6 Å². The smallest absolute Gasteiger partial charge is 0.338 e. The molecule has 146 valence electrons. The van der Waals surface area contributed by atoms with Gasteiger partial charge in [-0.1, -0.05) is 0 Å².